The number of piperazine rings is 1. The molecule has 4 aromatic rings. The highest BCUT2D eigenvalue weighted by Crippen LogP contribution is 2.40. The first-order valence-corrected chi connectivity index (χ1v) is 14.9. The van der Waals surface area contributed by atoms with Crippen molar-refractivity contribution in [2.75, 3.05) is 36.4 Å². The monoisotopic (exact) mass is 598 g/mol. The first kappa shape index (κ1) is 27.0. The number of imidazole rings is 1. The second-order valence-corrected chi connectivity index (χ2v) is 11.9. The SMILES string of the molecule is CC(n1cnnc1-c1nc(NC(=O)c2cc(-n3cnc(C4CC4)c3)c(N3CCN4CCCC4C3)cn2)cs1)C(F)(F)F. The van der Waals surface area contributed by atoms with Crippen molar-refractivity contribution in [2.45, 2.75) is 56.8 Å². The molecular formula is C27H29F3N10OS. The fraction of sp³-hybridized carbons (Fsp3) is 0.481. The third-order valence-electron chi connectivity index (χ3n) is 8.30. The summed E-state index contributed by atoms with van der Waals surface area (Å²) < 4.78 is 42.8. The highest BCUT2D eigenvalue weighted by Gasteiger charge is 2.39. The van der Waals surface area contributed by atoms with Gasteiger partial charge in [-0.25, -0.2) is 15.0 Å². The van der Waals surface area contributed by atoms with Crippen LogP contribution in [0.1, 0.15) is 60.7 Å². The Morgan fingerprint density at radius 2 is 1.98 bits per heavy atom. The van der Waals surface area contributed by atoms with Gasteiger partial charge in [0.1, 0.15) is 23.9 Å². The van der Waals surface area contributed by atoms with Gasteiger partial charge in [-0.3, -0.25) is 14.3 Å². The smallest absolute Gasteiger partial charge is 0.366 e. The van der Waals surface area contributed by atoms with Crippen LogP contribution in [0.2, 0.25) is 0 Å². The van der Waals surface area contributed by atoms with E-state index in [1.165, 1.54) is 12.8 Å². The van der Waals surface area contributed by atoms with Crippen LogP contribution in [0.25, 0.3) is 16.5 Å². The Balaban J connectivity index is 1.15. The van der Waals surface area contributed by atoms with E-state index in [-0.39, 0.29) is 22.3 Å². The topological polar surface area (TPSA) is 110 Å². The maximum absolute atomic E-state index is 13.3. The molecule has 1 saturated carbocycles. The number of nitrogens with zero attached hydrogens (tertiary/aromatic N) is 9. The molecular weight excluding hydrogens is 569 g/mol. The molecule has 220 valence electrons. The molecule has 7 rings (SSSR count). The molecule has 0 spiro atoms. The van der Waals surface area contributed by atoms with Gasteiger partial charge < -0.3 is 14.8 Å². The lowest BCUT2D eigenvalue weighted by molar-refractivity contribution is -0.162. The third-order valence-corrected chi connectivity index (χ3v) is 9.14. The Bertz CT molecular complexity index is 1610. The van der Waals surface area contributed by atoms with Crippen LogP contribution in [0.15, 0.2) is 36.5 Å². The summed E-state index contributed by atoms with van der Waals surface area (Å²) in [5.41, 5.74) is 3.02. The van der Waals surface area contributed by atoms with Gasteiger partial charge in [0.05, 0.1) is 29.6 Å². The van der Waals surface area contributed by atoms with E-state index in [4.69, 9.17) is 0 Å². The van der Waals surface area contributed by atoms with Crippen molar-refractivity contribution in [2.24, 2.45) is 0 Å². The third kappa shape index (κ3) is 5.15. The van der Waals surface area contributed by atoms with E-state index in [2.05, 4.69) is 40.3 Å². The number of fused-ring (bicyclic) bond motifs is 1. The van der Waals surface area contributed by atoms with Crippen LogP contribution in [0, 0.1) is 0 Å². The summed E-state index contributed by atoms with van der Waals surface area (Å²) in [6, 6.07) is 0.452. The molecule has 1 aliphatic carbocycles. The molecule has 6 heterocycles. The van der Waals surface area contributed by atoms with E-state index in [1.54, 1.807) is 24.0 Å². The zero-order valence-corrected chi connectivity index (χ0v) is 23.6. The lowest BCUT2D eigenvalue weighted by atomic mass is 10.1. The molecule has 3 aliphatic rings. The Kier molecular flexibility index (Phi) is 6.72. The minimum absolute atomic E-state index is 0.0241. The summed E-state index contributed by atoms with van der Waals surface area (Å²) in [6.07, 6.45) is 6.80. The van der Waals surface area contributed by atoms with Gasteiger partial charge in [0, 0.05) is 43.2 Å². The average molecular weight is 599 g/mol. The van der Waals surface area contributed by atoms with E-state index in [1.807, 2.05) is 10.8 Å². The number of alkyl halides is 3. The van der Waals surface area contributed by atoms with Gasteiger partial charge in [0.2, 0.25) is 0 Å². The first-order valence-electron chi connectivity index (χ1n) is 14.0. The van der Waals surface area contributed by atoms with Gasteiger partial charge in [-0.05, 0) is 45.2 Å². The summed E-state index contributed by atoms with van der Waals surface area (Å²) >= 11 is 1.07. The van der Waals surface area contributed by atoms with Crippen molar-refractivity contribution in [1.29, 1.82) is 0 Å². The molecule has 11 nitrogen and oxygen atoms in total. The van der Waals surface area contributed by atoms with E-state index in [9.17, 15) is 18.0 Å². The highest BCUT2D eigenvalue weighted by atomic mass is 32.1. The van der Waals surface area contributed by atoms with Crippen LogP contribution in [-0.4, -0.2) is 83.5 Å². The highest BCUT2D eigenvalue weighted by molar-refractivity contribution is 7.13. The molecule has 4 aromatic heterocycles. The predicted molar refractivity (Wildman–Crippen MR) is 150 cm³/mol. The van der Waals surface area contributed by atoms with Crippen molar-refractivity contribution in [1.82, 2.24) is 39.2 Å². The molecule has 2 unspecified atom stereocenters. The largest absolute Gasteiger partial charge is 0.408 e. The van der Waals surface area contributed by atoms with Gasteiger partial charge in [0.25, 0.3) is 5.91 Å². The average Bonchev–Trinajstić information content (AvgIpc) is 3.42. The number of halogens is 3. The van der Waals surface area contributed by atoms with Crippen molar-refractivity contribution >= 4 is 28.7 Å². The first-order chi connectivity index (χ1) is 20.2. The normalized spacial score (nSPS) is 20.1. The summed E-state index contributed by atoms with van der Waals surface area (Å²) in [7, 11) is 0. The summed E-state index contributed by atoms with van der Waals surface area (Å²) in [6.45, 7) is 4.94. The van der Waals surface area contributed by atoms with Crippen molar-refractivity contribution in [3.8, 4) is 16.5 Å². The minimum atomic E-state index is -4.47. The maximum Gasteiger partial charge on any atom is 0.408 e. The number of hydrogen-bond donors (Lipinski definition) is 1. The number of nitrogens with one attached hydrogen (secondary N) is 1. The number of hydrogen-bond acceptors (Lipinski definition) is 9. The quantitative estimate of drug-likeness (QED) is 0.331. The van der Waals surface area contributed by atoms with E-state index < -0.39 is 18.1 Å². The van der Waals surface area contributed by atoms with Gasteiger partial charge >= 0.3 is 6.18 Å². The Morgan fingerprint density at radius 3 is 2.79 bits per heavy atom. The minimum Gasteiger partial charge on any atom is -0.366 e. The number of carbonyl (C=O) groups is 1. The Labute approximate surface area is 243 Å². The van der Waals surface area contributed by atoms with E-state index in [0.717, 1.165) is 85.2 Å². The number of aromatic nitrogens is 7. The van der Waals surface area contributed by atoms with Crippen molar-refractivity contribution < 1.29 is 18.0 Å². The van der Waals surface area contributed by atoms with Crippen LogP contribution in [0.3, 0.4) is 0 Å². The molecule has 42 heavy (non-hydrogen) atoms. The van der Waals surface area contributed by atoms with Crippen LogP contribution in [-0.2, 0) is 0 Å². The number of carbonyl (C=O) groups excluding carboxylic acids is 1. The number of pyridine rings is 1. The zero-order valence-electron chi connectivity index (χ0n) is 22.8. The second-order valence-electron chi connectivity index (χ2n) is 11.1. The van der Waals surface area contributed by atoms with Crippen LogP contribution >= 0.6 is 11.3 Å². The van der Waals surface area contributed by atoms with Gasteiger partial charge in [0.15, 0.2) is 10.8 Å². The Morgan fingerprint density at radius 1 is 1.12 bits per heavy atom. The summed E-state index contributed by atoms with van der Waals surface area (Å²) in [5.74, 6) is 0.180. The van der Waals surface area contributed by atoms with Crippen molar-refractivity contribution in [3.63, 3.8) is 0 Å². The van der Waals surface area contributed by atoms with Gasteiger partial charge in [-0.15, -0.1) is 21.5 Å². The zero-order chi connectivity index (χ0) is 29.0. The molecule has 1 N–H and O–H groups in total. The van der Waals surface area contributed by atoms with Crippen LogP contribution < -0.4 is 10.2 Å². The molecule has 0 bridgehead atoms. The lowest BCUT2D eigenvalue weighted by Gasteiger charge is -2.39. The van der Waals surface area contributed by atoms with Gasteiger partial charge in [-0.1, -0.05) is 0 Å². The fourth-order valence-electron chi connectivity index (χ4n) is 5.73. The number of rotatable bonds is 7. The van der Waals surface area contributed by atoms with Crippen LogP contribution in [0.5, 0.6) is 0 Å². The lowest BCUT2D eigenvalue weighted by Crippen LogP contribution is -2.50. The maximum atomic E-state index is 13.3. The summed E-state index contributed by atoms with van der Waals surface area (Å²) in [5, 5.41) is 12.0. The summed E-state index contributed by atoms with van der Waals surface area (Å²) in [4.78, 5) is 31.7. The second kappa shape index (κ2) is 10.5. The van der Waals surface area contributed by atoms with Crippen LogP contribution in [0.4, 0.5) is 24.7 Å². The molecule has 1 amide bonds. The Hall–Kier alpha value is -3.85. The molecule has 2 saturated heterocycles. The predicted octanol–water partition coefficient (Wildman–Crippen LogP) is 4.52. The van der Waals surface area contributed by atoms with E-state index in [0.29, 0.717) is 12.0 Å². The fourth-order valence-corrected chi connectivity index (χ4v) is 6.47. The molecule has 0 radical (unpaired) electrons. The number of thiazole rings is 1. The molecule has 3 fully saturated rings. The number of amides is 1. The van der Waals surface area contributed by atoms with Crippen molar-refractivity contribution in [3.05, 3.63) is 47.9 Å². The molecule has 15 heteroatoms. The number of anilines is 2. The molecule has 2 atom stereocenters. The van der Waals surface area contributed by atoms with Gasteiger partial charge in [-0.2, -0.15) is 13.2 Å². The molecule has 2 aliphatic heterocycles. The molecule has 0 aromatic carbocycles. The van der Waals surface area contributed by atoms with E-state index >= 15 is 0 Å². The standard InChI is InChI=1S/C27H29F3N10OS/c1-16(27(28,29)30)40-15-33-36-24(40)26-35-23(13-42-26)34-25(41)19-9-21(39-12-20(32-14-39)17-4-5-17)22(10-31-19)38-8-7-37-6-2-3-18(37)11-38/h9-10,12-18H,2-8,11H2,1H3,(H,34,41).